The average molecular weight is 373 g/mol. The van der Waals surface area contributed by atoms with Gasteiger partial charge in [0, 0.05) is 24.4 Å². The minimum atomic E-state index is 0.0352. The van der Waals surface area contributed by atoms with Gasteiger partial charge in [0.1, 0.15) is 5.69 Å². The summed E-state index contributed by atoms with van der Waals surface area (Å²) in [4.78, 5) is 9.31. The van der Waals surface area contributed by atoms with Gasteiger partial charge >= 0.3 is 0 Å². The van der Waals surface area contributed by atoms with Gasteiger partial charge in [-0.2, -0.15) is 0 Å². The molecule has 142 valence electrons. The van der Waals surface area contributed by atoms with E-state index in [0.29, 0.717) is 18.2 Å². The molecular formula is C23H23N3O2. The second kappa shape index (κ2) is 7.44. The maximum absolute atomic E-state index is 9.23. The average Bonchev–Trinajstić information content (AvgIpc) is 3.12. The van der Waals surface area contributed by atoms with Crippen molar-refractivity contribution >= 4 is 0 Å². The maximum atomic E-state index is 9.23. The molecule has 2 aromatic carbocycles. The zero-order valence-corrected chi connectivity index (χ0v) is 16.3. The zero-order chi connectivity index (χ0) is 19.7. The predicted molar refractivity (Wildman–Crippen MR) is 111 cm³/mol. The molecule has 0 amide bonds. The van der Waals surface area contributed by atoms with Crippen molar-refractivity contribution in [2.24, 2.45) is 0 Å². The molecule has 2 aliphatic rings. The summed E-state index contributed by atoms with van der Waals surface area (Å²) in [6, 6.07) is 16.7. The number of hydrogen-bond donors (Lipinski definition) is 1. The third-order valence-electron chi connectivity index (χ3n) is 5.07. The van der Waals surface area contributed by atoms with Crippen LogP contribution in [-0.4, -0.2) is 33.4 Å². The Morgan fingerprint density at radius 1 is 0.857 bits per heavy atom. The van der Waals surface area contributed by atoms with E-state index in [4.69, 9.17) is 4.74 Å². The van der Waals surface area contributed by atoms with Crippen molar-refractivity contribution in [3.63, 3.8) is 0 Å². The maximum Gasteiger partial charge on any atom is 0.195 e. The Balaban J connectivity index is 1.68. The largest absolute Gasteiger partial charge is 0.482 e. The quantitative estimate of drug-likeness (QED) is 0.565. The van der Waals surface area contributed by atoms with Gasteiger partial charge in [-0.1, -0.05) is 42.5 Å². The minimum absolute atomic E-state index is 0.0352. The molecule has 5 heteroatoms. The highest BCUT2D eigenvalue weighted by molar-refractivity contribution is 5.71. The molecule has 0 saturated heterocycles. The van der Waals surface area contributed by atoms with E-state index in [-0.39, 0.29) is 6.61 Å². The van der Waals surface area contributed by atoms with Gasteiger partial charge in [-0.3, -0.25) is 0 Å². The van der Waals surface area contributed by atoms with Crippen LogP contribution in [0, 0.1) is 13.8 Å². The molecule has 0 radical (unpaired) electrons. The number of aromatic nitrogens is 3. The Kier molecular flexibility index (Phi) is 4.84. The van der Waals surface area contributed by atoms with Crippen LogP contribution < -0.4 is 4.74 Å². The SMILES string of the molecule is COc1cc2nc(-c3ccc(-c4ccc(C)c(C)c4)cc3)nc-2cn1CCO. The number of aryl methyl sites for hydroxylation is 2. The highest BCUT2D eigenvalue weighted by Crippen LogP contribution is 2.30. The number of methoxy groups -OCH3 is 1. The summed E-state index contributed by atoms with van der Waals surface area (Å²) in [5.74, 6) is 1.34. The van der Waals surface area contributed by atoms with Crippen LogP contribution in [0.5, 0.6) is 5.88 Å². The van der Waals surface area contributed by atoms with Crippen LogP contribution in [-0.2, 0) is 6.54 Å². The first kappa shape index (κ1) is 18.2. The van der Waals surface area contributed by atoms with Crippen LogP contribution in [0.3, 0.4) is 0 Å². The van der Waals surface area contributed by atoms with Gasteiger partial charge < -0.3 is 14.4 Å². The summed E-state index contributed by atoms with van der Waals surface area (Å²) in [6.45, 7) is 4.74. The van der Waals surface area contributed by atoms with Gasteiger partial charge in [0.2, 0.25) is 0 Å². The molecule has 0 spiro atoms. The van der Waals surface area contributed by atoms with Crippen LogP contribution in [0.1, 0.15) is 11.1 Å². The first-order chi connectivity index (χ1) is 13.6. The molecule has 4 rings (SSSR count). The van der Waals surface area contributed by atoms with Gasteiger partial charge in [0.05, 0.1) is 19.4 Å². The number of fused-ring (bicyclic) bond motifs is 1. The van der Waals surface area contributed by atoms with Crippen LogP contribution in [0.15, 0.2) is 54.7 Å². The number of nitrogens with zero attached hydrogens (tertiary/aromatic N) is 3. The van der Waals surface area contributed by atoms with Gasteiger partial charge in [-0.25, -0.2) is 9.97 Å². The molecule has 0 unspecified atom stereocenters. The monoisotopic (exact) mass is 373 g/mol. The summed E-state index contributed by atoms with van der Waals surface area (Å²) in [6.07, 6.45) is 1.87. The minimum Gasteiger partial charge on any atom is -0.482 e. The first-order valence-corrected chi connectivity index (χ1v) is 9.30. The fourth-order valence-electron chi connectivity index (χ4n) is 3.30. The van der Waals surface area contributed by atoms with Crippen molar-refractivity contribution < 1.29 is 9.84 Å². The zero-order valence-electron chi connectivity index (χ0n) is 16.3. The molecule has 2 aromatic rings. The van der Waals surface area contributed by atoms with E-state index in [1.807, 2.05) is 16.8 Å². The number of rotatable bonds is 5. The van der Waals surface area contributed by atoms with E-state index in [1.54, 1.807) is 7.11 Å². The summed E-state index contributed by atoms with van der Waals surface area (Å²) in [5.41, 5.74) is 7.49. The summed E-state index contributed by atoms with van der Waals surface area (Å²) < 4.78 is 7.22. The standard InChI is InChI=1S/C23H23N3O2/c1-15-4-5-19(12-16(15)2)17-6-8-18(9-7-17)23-24-20-13-22(28-3)26(10-11-27)14-21(20)25-23/h4-9,12-14,27H,10-11H2,1-3H3. The molecule has 2 heterocycles. The van der Waals surface area contributed by atoms with Gasteiger partial charge in [0.25, 0.3) is 0 Å². The predicted octanol–water partition coefficient (Wildman–Crippen LogP) is 4.33. The molecule has 0 bridgehead atoms. The van der Waals surface area contributed by atoms with Crippen molar-refractivity contribution in [1.82, 2.24) is 14.5 Å². The lowest BCUT2D eigenvalue weighted by Crippen LogP contribution is -2.07. The molecule has 0 aromatic heterocycles. The number of aliphatic hydroxyl groups excluding tert-OH is 1. The fraction of sp³-hybridized carbons (Fsp3) is 0.217. The Bertz CT molecular complexity index is 1080. The normalized spacial score (nSPS) is 11.1. The van der Waals surface area contributed by atoms with Gasteiger partial charge in [0.15, 0.2) is 11.7 Å². The van der Waals surface area contributed by atoms with E-state index in [1.165, 1.54) is 22.3 Å². The Morgan fingerprint density at radius 2 is 1.54 bits per heavy atom. The van der Waals surface area contributed by atoms with E-state index in [9.17, 15) is 5.11 Å². The van der Waals surface area contributed by atoms with E-state index in [0.717, 1.165) is 17.0 Å². The fourth-order valence-corrected chi connectivity index (χ4v) is 3.30. The lowest BCUT2D eigenvalue weighted by Gasteiger charge is -2.12. The van der Waals surface area contributed by atoms with Crippen molar-refractivity contribution in [2.45, 2.75) is 20.4 Å². The Morgan fingerprint density at radius 3 is 2.21 bits per heavy atom. The molecule has 0 atom stereocenters. The molecule has 0 saturated carbocycles. The first-order valence-electron chi connectivity index (χ1n) is 9.30. The smallest absolute Gasteiger partial charge is 0.195 e. The van der Waals surface area contributed by atoms with Crippen molar-refractivity contribution in [3.8, 4) is 39.8 Å². The number of hydrogen-bond acceptors (Lipinski definition) is 4. The number of ether oxygens (including phenoxy) is 1. The Labute approximate surface area is 164 Å². The van der Waals surface area contributed by atoms with Crippen molar-refractivity contribution in [1.29, 1.82) is 0 Å². The van der Waals surface area contributed by atoms with Crippen LogP contribution >= 0.6 is 0 Å². The third kappa shape index (κ3) is 3.37. The molecule has 1 N–H and O–H groups in total. The number of benzene rings is 2. The summed E-state index contributed by atoms with van der Waals surface area (Å²) in [5, 5.41) is 9.23. The lowest BCUT2D eigenvalue weighted by atomic mass is 9.99. The Hall–Kier alpha value is -3.18. The highest BCUT2D eigenvalue weighted by atomic mass is 16.5. The topological polar surface area (TPSA) is 60.2 Å². The molecule has 5 nitrogen and oxygen atoms in total. The number of aliphatic hydroxyl groups is 1. The van der Waals surface area contributed by atoms with Crippen LogP contribution in [0.25, 0.3) is 33.9 Å². The number of pyridine rings is 1. The van der Waals surface area contributed by atoms with E-state index < -0.39 is 0 Å². The molecule has 0 fully saturated rings. The lowest BCUT2D eigenvalue weighted by molar-refractivity contribution is 0.263. The third-order valence-corrected chi connectivity index (χ3v) is 5.07. The van der Waals surface area contributed by atoms with Crippen LogP contribution in [0.4, 0.5) is 0 Å². The summed E-state index contributed by atoms with van der Waals surface area (Å²) in [7, 11) is 1.61. The van der Waals surface area contributed by atoms with E-state index >= 15 is 0 Å². The van der Waals surface area contributed by atoms with E-state index in [2.05, 4.69) is 66.3 Å². The highest BCUT2D eigenvalue weighted by Gasteiger charge is 2.16. The van der Waals surface area contributed by atoms with Crippen molar-refractivity contribution in [3.05, 3.63) is 65.9 Å². The second-order valence-electron chi connectivity index (χ2n) is 6.93. The van der Waals surface area contributed by atoms with Gasteiger partial charge in [-0.15, -0.1) is 0 Å². The van der Waals surface area contributed by atoms with Crippen molar-refractivity contribution in [2.75, 3.05) is 13.7 Å². The molecule has 28 heavy (non-hydrogen) atoms. The van der Waals surface area contributed by atoms with Gasteiger partial charge in [-0.05, 0) is 36.1 Å². The second-order valence-corrected chi connectivity index (χ2v) is 6.93. The summed E-state index contributed by atoms with van der Waals surface area (Å²) >= 11 is 0. The van der Waals surface area contributed by atoms with Crippen LogP contribution in [0.2, 0.25) is 0 Å². The molecular weight excluding hydrogens is 350 g/mol. The molecule has 0 aliphatic carbocycles. The molecule has 2 aliphatic heterocycles. The number of imidazole rings is 1.